The van der Waals surface area contributed by atoms with Gasteiger partial charge in [-0.1, -0.05) is 37.4 Å². The van der Waals surface area contributed by atoms with Crippen molar-refractivity contribution >= 4 is 11.6 Å². The molecule has 1 aliphatic carbocycles. The van der Waals surface area contributed by atoms with Gasteiger partial charge in [-0.25, -0.2) is 4.39 Å². The molecule has 1 nitrogen and oxygen atoms in total. The Morgan fingerprint density at radius 3 is 2.61 bits per heavy atom. The second kappa shape index (κ2) is 6.42. The number of hydrogen-bond donors (Lipinski definition) is 0. The fourth-order valence-electron chi connectivity index (χ4n) is 2.71. The van der Waals surface area contributed by atoms with E-state index in [-0.39, 0.29) is 17.7 Å². The minimum Gasteiger partial charge on any atom is -0.486 e. The maximum Gasteiger partial charge on any atom is 0.173 e. The minimum atomic E-state index is -0.363. The molecule has 0 spiro atoms. The van der Waals surface area contributed by atoms with Gasteiger partial charge in [-0.2, -0.15) is 0 Å². The molecule has 0 saturated heterocycles. The van der Waals surface area contributed by atoms with Crippen LogP contribution in [-0.2, 0) is 0 Å². The number of hydrogen-bond acceptors (Lipinski definition) is 1. The summed E-state index contributed by atoms with van der Waals surface area (Å²) < 4.78 is 19.3. The molecule has 1 aromatic carbocycles. The molecule has 2 rings (SSSR count). The Kier molecular flexibility index (Phi) is 4.87. The third-order valence-corrected chi connectivity index (χ3v) is 3.99. The van der Waals surface area contributed by atoms with Gasteiger partial charge >= 0.3 is 0 Å². The first kappa shape index (κ1) is 13.7. The first-order valence-electron chi connectivity index (χ1n) is 6.81. The van der Waals surface area contributed by atoms with Crippen molar-refractivity contribution in [3.05, 3.63) is 29.0 Å². The zero-order chi connectivity index (χ0) is 13.0. The van der Waals surface area contributed by atoms with Crippen LogP contribution in [0.1, 0.15) is 45.4 Å². The molecule has 3 heteroatoms. The molecule has 1 fully saturated rings. The average molecular weight is 271 g/mol. The first-order valence-corrected chi connectivity index (χ1v) is 7.19. The minimum absolute atomic E-state index is 0.118. The van der Waals surface area contributed by atoms with Gasteiger partial charge < -0.3 is 4.74 Å². The molecule has 0 heterocycles. The number of halogens is 2. The Labute approximate surface area is 113 Å². The van der Waals surface area contributed by atoms with Crippen LogP contribution in [0.15, 0.2) is 18.2 Å². The highest BCUT2D eigenvalue weighted by atomic mass is 35.5. The van der Waals surface area contributed by atoms with Crippen molar-refractivity contribution in [1.29, 1.82) is 0 Å². The third kappa shape index (κ3) is 3.38. The van der Waals surface area contributed by atoms with Gasteiger partial charge in [0, 0.05) is 0 Å². The monoisotopic (exact) mass is 270 g/mol. The number of benzene rings is 1. The summed E-state index contributed by atoms with van der Waals surface area (Å²) >= 11 is 5.96. The molecule has 0 N–H and O–H groups in total. The summed E-state index contributed by atoms with van der Waals surface area (Å²) in [4.78, 5) is 0. The topological polar surface area (TPSA) is 9.23 Å². The molecule has 0 amide bonds. The molecule has 0 aromatic heterocycles. The van der Waals surface area contributed by atoms with Gasteiger partial charge in [-0.3, -0.25) is 0 Å². The smallest absolute Gasteiger partial charge is 0.173 e. The van der Waals surface area contributed by atoms with E-state index >= 15 is 0 Å². The zero-order valence-corrected chi connectivity index (χ0v) is 11.5. The van der Waals surface area contributed by atoms with Crippen molar-refractivity contribution in [1.82, 2.24) is 0 Å². The third-order valence-electron chi connectivity index (χ3n) is 3.69. The first-order chi connectivity index (χ1) is 8.70. The van der Waals surface area contributed by atoms with E-state index in [1.165, 1.54) is 31.7 Å². The van der Waals surface area contributed by atoms with E-state index in [4.69, 9.17) is 16.3 Å². The SMILES string of the molecule is CCCC1CCC(Oc2c(F)cccc2Cl)CC1. The molecule has 1 aromatic rings. The summed E-state index contributed by atoms with van der Waals surface area (Å²) in [5.41, 5.74) is 0. The quantitative estimate of drug-likeness (QED) is 0.729. The molecule has 18 heavy (non-hydrogen) atoms. The maximum absolute atomic E-state index is 13.6. The van der Waals surface area contributed by atoms with Crippen LogP contribution < -0.4 is 4.74 Å². The van der Waals surface area contributed by atoms with Crippen molar-refractivity contribution in [2.24, 2.45) is 5.92 Å². The van der Waals surface area contributed by atoms with Crippen molar-refractivity contribution in [2.45, 2.75) is 51.6 Å². The van der Waals surface area contributed by atoms with Crippen molar-refractivity contribution in [3.8, 4) is 5.75 Å². The van der Waals surface area contributed by atoms with Crippen molar-refractivity contribution in [2.75, 3.05) is 0 Å². The van der Waals surface area contributed by atoms with E-state index in [9.17, 15) is 4.39 Å². The molecular weight excluding hydrogens is 251 g/mol. The van der Waals surface area contributed by atoms with E-state index in [1.807, 2.05) is 0 Å². The van der Waals surface area contributed by atoms with Crippen LogP contribution in [-0.4, -0.2) is 6.10 Å². The maximum atomic E-state index is 13.6. The Bertz CT molecular complexity index is 366. The lowest BCUT2D eigenvalue weighted by molar-refractivity contribution is 0.123. The van der Waals surface area contributed by atoms with Crippen LogP contribution in [0.2, 0.25) is 5.02 Å². The van der Waals surface area contributed by atoms with Gasteiger partial charge in [-0.05, 0) is 43.7 Å². The van der Waals surface area contributed by atoms with Gasteiger partial charge in [0.2, 0.25) is 0 Å². The second-order valence-electron chi connectivity index (χ2n) is 5.10. The van der Waals surface area contributed by atoms with Gasteiger partial charge in [-0.15, -0.1) is 0 Å². The Morgan fingerprint density at radius 2 is 2.00 bits per heavy atom. The normalized spacial score (nSPS) is 23.9. The summed E-state index contributed by atoms with van der Waals surface area (Å²) in [5.74, 6) is 0.683. The zero-order valence-electron chi connectivity index (χ0n) is 10.8. The predicted octanol–water partition coefficient (Wildman–Crippen LogP) is 5.22. The highest BCUT2D eigenvalue weighted by Gasteiger charge is 2.23. The molecule has 1 saturated carbocycles. The summed E-state index contributed by atoms with van der Waals surface area (Å²) in [5, 5.41) is 0.366. The van der Waals surface area contributed by atoms with E-state index < -0.39 is 0 Å². The van der Waals surface area contributed by atoms with Gasteiger partial charge in [0.25, 0.3) is 0 Å². The lowest BCUT2D eigenvalue weighted by Gasteiger charge is -2.29. The molecule has 100 valence electrons. The Balaban J connectivity index is 1.92. The Morgan fingerprint density at radius 1 is 1.28 bits per heavy atom. The summed E-state index contributed by atoms with van der Waals surface area (Å²) in [7, 11) is 0. The van der Waals surface area contributed by atoms with Gasteiger partial charge in [0.15, 0.2) is 11.6 Å². The van der Waals surface area contributed by atoms with Gasteiger partial charge in [0.05, 0.1) is 11.1 Å². The highest BCUT2D eigenvalue weighted by Crippen LogP contribution is 2.34. The van der Waals surface area contributed by atoms with Crippen LogP contribution in [0.4, 0.5) is 4.39 Å². The van der Waals surface area contributed by atoms with Crippen LogP contribution in [0, 0.1) is 11.7 Å². The molecule has 0 aliphatic heterocycles. The van der Waals surface area contributed by atoms with Crippen LogP contribution >= 0.6 is 11.6 Å². The molecule has 0 unspecified atom stereocenters. The molecule has 0 atom stereocenters. The van der Waals surface area contributed by atoms with E-state index in [0.717, 1.165) is 18.8 Å². The lowest BCUT2D eigenvalue weighted by atomic mass is 9.85. The fraction of sp³-hybridized carbons (Fsp3) is 0.600. The van der Waals surface area contributed by atoms with Crippen LogP contribution in [0.25, 0.3) is 0 Å². The number of rotatable bonds is 4. The number of ether oxygens (including phenoxy) is 1. The van der Waals surface area contributed by atoms with E-state index in [0.29, 0.717) is 5.02 Å². The standard InChI is InChI=1S/C15H20ClFO/c1-2-4-11-7-9-12(10-8-11)18-15-13(16)5-3-6-14(15)17/h3,5-6,11-12H,2,4,7-10H2,1H3. The van der Waals surface area contributed by atoms with E-state index in [2.05, 4.69) is 6.92 Å². The van der Waals surface area contributed by atoms with Crippen LogP contribution in [0.5, 0.6) is 5.75 Å². The summed E-state index contributed by atoms with van der Waals surface area (Å²) in [6, 6.07) is 4.66. The average Bonchev–Trinajstić information content (AvgIpc) is 2.36. The summed E-state index contributed by atoms with van der Waals surface area (Å²) in [6.45, 7) is 2.22. The molecular formula is C15H20ClFO. The molecule has 1 aliphatic rings. The summed E-state index contributed by atoms with van der Waals surface area (Å²) in [6.07, 6.45) is 7.05. The lowest BCUT2D eigenvalue weighted by Crippen LogP contribution is -2.24. The van der Waals surface area contributed by atoms with Gasteiger partial charge in [0.1, 0.15) is 0 Å². The van der Waals surface area contributed by atoms with Crippen LogP contribution in [0.3, 0.4) is 0 Å². The van der Waals surface area contributed by atoms with Crippen molar-refractivity contribution < 1.29 is 9.13 Å². The predicted molar refractivity (Wildman–Crippen MR) is 72.7 cm³/mol. The number of para-hydroxylation sites is 1. The highest BCUT2D eigenvalue weighted by molar-refractivity contribution is 6.32. The molecule has 0 radical (unpaired) electrons. The largest absolute Gasteiger partial charge is 0.486 e. The molecule has 0 bridgehead atoms. The van der Waals surface area contributed by atoms with E-state index in [1.54, 1.807) is 12.1 Å². The fourth-order valence-corrected chi connectivity index (χ4v) is 2.92. The second-order valence-corrected chi connectivity index (χ2v) is 5.51. The van der Waals surface area contributed by atoms with Crippen molar-refractivity contribution in [3.63, 3.8) is 0 Å². The Hall–Kier alpha value is -0.760.